The van der Waals surface area contributed by atoms with E-state index in [0.29, 0.717) is 0 Å². The number of fused-ring (bicyclic) bond motifs is 6. The van der Waals surface area contributed by atoms with Crippen molar-refractivity contribution in [2.45, 2.75) is 38.5 Å². The lowest BCUT2D eigenvalue weighted by Crippen LogP contribution is -2.26. The Kier molecular flexibility index (Phi) is 21.6. The second-order valence-corrected chi connectivity index (χ2v) is 16.6. The molecule has 81 heavy (non-hydrogen) atoms. The minimum atomic E-state index is -0.391. The highest BCUT2D eigenvalue weighted by Gasteiger charge is 2.46. The van der Waals surface area contributed by atoms with Crippen molar-refractivity contribution in [3.63, 3.8) is 0 Å². The lowest BCUT2D eigenvalue weighted by atomic mass is 9.79. The van der Waals surface area contributed by atoms with Gasteiger partial charge in [-0.25, -0.2) is 0 Å². The molecule has 6 rings (SSSR count). The molecule has 2 aliphatic rings. The van der Waals surface area contributed by atoms with Crippen molar-refractivity contribution < 1.29 is 4.58 Å². The van der Waals surface area contributed by atoms with Gasteiger partial charge in [0.15, 0.2) is 0 Å². The van der Waals surface area contributed by atoms with Gasteiger partial charge in [-0.15, -0.1) is 17.4 Å². The average molecular weight is 1010 g/mol. The lowest BCUT2D eigenvalue weighted by Gasteiger charge is -2.23. The molecule has 0 saturated heterocycles. The van der Waals surface area contributed by atoms with E-state index in [9.17, 15) is 0 Å². The number of terminal acetylenes is 2. The minimum Gasteiger partial charge on any atom is -0.272 e. The van der Waals surface area contributed by atoms with Crippen LogP contribution in [0.5, 0.6) is 0 Å². The van der Waals surface area contributed by atoms with Crippen molar-refractivity contribution >= 4 is 38.6 Å². The third-order valence-electron chi connectivity index (χ3n) is 11.0. The summed E-state index contributed by atoms with van der Waals surface area (Å²) in [6.45, 7) is 8.84. The number of hydrogen-bond donors (Lipinski definition) is 0. The molecule has 0 fully saturated rings. The summed E-state index contributed by atoms with van der Waals surface area (Å²) in [5.41, 5.74) is 5.57. The highest BCUT2D eigenvalue weighted by molar-refractivity contribution is 6.08. The van der Waals surface area contributed by atoms with Crippen LogP contribution in [0.3, 0.4) is 0 Å². The van der Waals surface area contributed by atoms with Crippen LogP contribution >= 0.6 is 0 Å². The van der Waals surface area contributed by atoms with Crippen molar-refractivity contribution in [3.05, 3.63) is 132 Å². The van der Waals surface area contributed by atoms with Crippen LogP contribution in [0.1, 0.15) is 38.8 Å². The Morgan fingerprint density at radius 2 is 0.741 bits per heavy atom. The highest BCUT2D eigenvalue weighted by Crippen LogP contribution is 2.50. The van der Waals surface area contributed by atoms with Crippen LogP contribution in [0.4, 0.5) is 11.4 Å². The van der Waals surface area contributed by atoms with Gasteiger partial charge in [-0.1, -0.05) is 98.8 Å². The number of anilines is 1. The van der Waals surface area contributed by atoms with E-state index in [0.717, 1.165) is 44.3 Å². The Bertz CT molecular complexity index is 5020. The van der Waals surface area contributed by atoms with Crippen LogP contribution in [-0.2, 0) is 10.8 Å². The van der Waals surface area contributed by atoms with Gasteiger partial charge in [-0.3, -0.25) is 4.90 Å². The maximum atomic E-state index is 5.01. The van der Waals surface area contributed by atoms with Crippen LogP contribution in [0.2, 0.25) is 0 Å². The molecule has 0 bridgehead atoms. The van der Waals surface area contributed by atoms with Gasteiger partial charge in [0.2, 0.25) is 17.4 Å². The molecule has 2 nitrogen and oxygen atoms in total. The molecule has 4 aromatic rings. The fourth-order valence-electron chi connectivity index (χ4n) is 7.88. The number of nitrogens with zero attached hydrogens (tertiary/aromatic N) is 2. The predicted molar refractivity (Wildman–Crippen MR) is 330 cm³/mol. The molecule has 2 heteroatoms. The summed E-state index contributed by atoms with van der Waals surface area (Å²) in [6.07, 6.45) is 24.2. The largest absolute Gasteiger partial charge is 0.272 e. The average Bonchev–Trinajstić information content (AvgIpc) is 4.08. The molecular formula is C79H33N2+. The summed E-state index contributed by atoms with van der Waals surface area (Å²) < 4.78 is 2.01. The molecule has 0 spiro atoms. The number of benzene rings is 4. The van der Waals surface area contributed by atoms with Crippen LogP contribution in [0, 0.1) is 262 Å². The zero-order chi connectivity index (χ0) is 57.1. The summed E-state index contributed by atoms with van der Waals surface area (Å²) in [4.78, 5) is 2.01. The smallest absolute Gasteiger partial charge is 0.243 e. The van der Waals surface area contributed by atoms with E-state index in [4.69, 9.17) is 12.8 Å². The molecule has 4 aromatic carbocycles. The molecule has 0 radical (unpaired) electrons. The maximum Gasteiger partial charge on any atom is 0.243 e. The van der Waals surface area contributed by atoms with Crippen molar-refractivity contribution in [3.8, 4) is 262 Å². The third-order valence-corrected chi connectivity index (χ3v) is 11.0. The minimum absolute atomic E-state index is 0.391. The molecule has 0 N–H and O–H groups in total. The lowest BCUT2D eigenvalue weighted by molar-refractivity contribution is -0.332. The third kappa shape index (κ3) is 16.6. The van der Waals surface area contributed by atoms with Crippen molar-refractivity contribution in [2.75, 3.05) is 4.90 Å². The first kappa shape index (κ1) is 56.4. The Labute approximate surface area is 477 Å². The molecule has 0 amide bonds. The van der Waals surface area contributed by atoms with Crippen molar-refractivity contribution in [1.29, 1.82) is 0 Å². The van der Waals surface area contributed by atoms with Crippen molar-refractivity contribution in [2.24, 2.45) is 0 Å². The summed E-state index contributed by atoms with van der Waals surface area (Å²) >= 11 is 0. The summed E-state index contributed by atoms with van der Waals surface area (Å²) in [5, 5.41) is 4.63. The quantitative estimate of drug-likeness (QED) is 0.113. The first-order valence-electron chi connectivity index (χ1n) is 24.0. The molecule has 0 atom stereocenters. The Morgan fingerprint density at radius 3 is 1.20 bits per heavy atom. The Hall–Kier alpha value is -13.9. The van der Waals surface area contributed by atoms with Gasteiger partial charge in [-0.2, -0.15) is 0 Å². The number of hydrogen-bond acceptors (Lipinski definition) is 1. The number of rotatable bonds is 4. The van der Waals surface area contributed by atoms with Crippen LogP contribution < -0.4 is 4.90 Å². The second kappa shape index (κ2) is 31.0. The van der Waals surface area contributed by atoms with Gasteiger partial charge in [-0.05, 0) is 154 Å². The van der Waals surface area contributed by atoms with E-state index in [1.807, 2.05) is 52.0 Å². The molecule has 358 valence electrons. The van der Waals surface area contributed by atoms with Gasteiger partial charge in [0, 0.05) is 171 Å². The van der Waals surface area contributed by atoms with Gasteiger partial charge >= 0.3 is 0 Å². The van der Waals surface area contributed by atoms with E-state index in [1.165, 1.54) is 11.1 Å². The number of allylic oxidation sites excluding steroid dienone is 8. The first-order valence-corrected chi connectivity index (χ1v) is 24.0. The van der Waals surface area contributed by atoms with Crippen LogP contribution in [-0.4, -0.2) is 10.3 Å². The topological polar surface area (TPSA) is 6.25 Å². The predicted octanol–water partition coefficient (Wildman–Crippen LogP) is 8.97. The zero-order valence-corrected chi connectivity index (χ0v) is 44.0. The highest BCUT2D eigenvalue weighted by atomic mass is 15.2. The van der Waals surface area contributed by atoms with Crippen molar-refractivity contribution in [1.82, 2.24) is 0 Å². The monoisotopic (exact) mass is 1010 g/mol. The molecular weight excluding hydrogens is 977 g/mol. The van der Waals surface area contributed by atoms with E-state index in [2.05, 4.69) is 349 Å². The summed E-state index contributed by atoms with van der Waals surface area (Å²) in [6, 6.07) is 31.8. The second-order valence-electron chi connectivity index (χ2n) is 16.6. The van der Waals surface area contributed by atoms with E-state index < -0.39 is 10.8 Å². The van der Waals surface area contributed by atoms with Crippen LogP contribution in [0.25, 0.3) is 21.5 Å². The Balaban J connectivity index is 1.18. The van der Waals surface area contributed by atoms with Gasteiger partial charge in [0.05, 0.1) is 17.0 Å². The van der Waals surface area contributed by atoms with E-state index in [1.54, 1.807) is 0 Å². The summed E-state index contributed by atoms with van der Waals surface area (Å²) in [5.74, 6) is 103. The normalized spacial score (nSPS) is 11.2. The molecule has 0 saturated carbocycles. The van der Waals surface area contributed by atoms with Crippen LogP contribution in [0.15, 0.2) is 121 Å². The molecule has 0 unspecified atom stereocenters. The molecule has 0 aliphatic carbocycles. The fraction of sp³-hybridized carbons (Fsp3) is 0.0759. The molecule has 0 aromatic heterocycles. The standard InChI is InChI=1S/C79H33N2/c1-7-9-11-13-15-17-19-21-23-25-27-29-31-33-35-37-39-41-46-54-66-80-72-64-62-68-56-50-52-58-70(68)76(72)78(3,4)74(80)60-48-44-43-45-49-61-75-79(5,6)77-71-59-53-51-57-69(71)63-65-73(77)81(75)67-55-47-42-40-38-36-34-32-30-28-26-24-22-20-18-16-14-12-10-8-2/h1-2,43-45,48-53,56-65H,3-6H3/q+1. The fourth-order valence-corrected chi connectivity index (χ4v) is 7.88. The SMILES string of the molecule is C#CC#CC#CC#CC#CC#CC#CC#CC#CC#CC#CN1C(=CC=CC=CC=CC2=[N+](C#CC#CC#CC#CC#CC#CC#CC#CC#CC#CC#C)c3ccc4ccccc4c3C2(C)C)C(C)(C)c2c1ccc1ccccc21. The van der Waals surface area contributed by atoms with Gasteiger partial charge in [0.25, 0.3) is 0 Å². The maximum absolute atomic E-state index is 5.01. The summed E-state index contributed by atoms with van der Waals surface area (Å²) in [7, 11) is 0. The first-order chi connectivity index (χ1) is 39.8. The van der Waals surface area contributed by atoms with E-state index in [-0.39, 0.29) is 0 Å². The molecule has 2 aliphatic heterocycles. The molecule has 2 heterocycles. The zero-order valence-electron chi connectivity index (χ0n) is 44.0. The Morgan fingerprint density at radius 1 is 0.370 bits per heavy atom. The van der Waals surface area contributed by atoms with Gasteiger partial charge in [0.1, 0.15) is 0 Å². The van der Waals surface area contributed by atoms with E-state index >= 15 is 0 Å². The van der Waals surface area contributed by atoms with Gasteiger partial charge < -0.3 is 0 Å².